The predicted octanol–water partition coefficient (Wildman–Crippen LogP) is 3.34. The lowest BCUT2D eigenvalue weighted by atomic mass is 10.0. The fourth-order valence-corrected chi connectivity index (χ4v) is 1.40. The Balaban J connectivity index is 2.79. The standard InChI is InChI=1S/C11H12ClFO/c1-8-5-9(7-10(13)6-8)11(14)3-2-4-12/h5-7H,2-4H2,1H3. The van der Waals surface area contributed by atoms with Gasteiger partial charge in [0.2, 0.25) is 0 Å². The van der Waals surface area contributed by atoms with Crippen molar-refractivity contribution in [2.45, 2.75) is 19.8 Å². The molecule has 1 aromatic rings. The van der Waals surface area contributed by atoms with Gasteiger partial charge in [0, 0.05) is 17.9 Å². The molecule has 0 spiro atoms. The maximum absolute atomic E-state index is 12.9. The largest absolute Gasteiger partial charge is 0.294 e. The number of benzene rings is 1. The molecule has 0 fully saturated rings. The van der Waals surface area contributed by atoms with Crippen LogP contribution in [-0.4, -0.2) is 11.7 Å². The van der Waals surface area contributed by atoms with E-state index >= 15 is 0 Å². The molecular weight excluding hydrogens is 203 g/mol. The molecule has 0 heterocycles. The number of rotatable bonds is 4. The maximum atomic E-state index is 12.9. The van der Waals surface area contributed by atoms with Gasteiger partial charge in [-0.15, -0.1) is 11.6 Å². The molecule has 0 aliphatic carbocycles. The molecule has 1 aromatic carbocycles. The summed E-state index contributed by atoms with van der Waals surface area (Å²) in [6, 6.07) is 4.36. The highest BCUT2D eigenvalue weighted by Crippen LogP contribution is 2.11. The maximum Gasteiger partial charge on any atom is 0.163 e. The van der Waals surface area contributed by atoms with Gasteiger partial charge in [-0.05, 0) is 37.1 Å². The molecule has 14 heavy (non-hydrogen) atoms. The van der Waals surface area contributed by atoms with E-state index < -0.39 is 0 Å². The molecule has 0 saturated carbocycles. The van der Waals surface area contributed by atoms with Crippen LogP contribution in [0.3, 0.4) is 0 Å². The van der Waals surface area contributed by atoms with E-state index in [1.807, 2.05) is 0 Å². The van der Waals surface area contributed by atoms with Gasteiger partial charge in [-0.1, -0.05) is 0 Å². The minimum absolute atomic E-state index is 0.0479. The summed E-state index contributed by atoms with van der Waals surface area (Å²) in [6.07, 6.45) is 1.02. The first-order chi connectivity index (χ1) is 6.63. The Morgan fingerprint density at radius 2 is 2.14 bits per heavy atom. The molecule has 0 atom stereocenters. The Morgan fingerprint density at radius 3 is 2.71 bits per heavy atom. The fraction of sp³-hybridized carbons (Fsp3) is 0.364. The first kappa shape index (κ1) is 11.2. The fourth-order valence-electron chi connectivity index (χ4n) is 1.27. The monoisotopic (exact) mass is 214 g/mol. The van der Waals surface area contributed by atoms with Crippen molar-refractivity contribution >= 4 is 17.4 Å². The second kappa shape index (κ2) is 5.11. The Bertz CT molecular complexity index is 316. The molecule has 0 unspecified atom stereocenters. The smallest absolute Gasteiger partial charge is 0.163 e. The molecular formula is C11H12ClFO. The normalized spacial score (nSPS) is 10.2. The van der Waals surface area contributed by atoms with E-state index in [-0.39, 0.29) is 11.6 Å². The average molecular weight is 215 g/mol. The van der Waals surface area contributed by atoms with E-state index in [4.69, 9.17) is 11.6 Å². The zero-order valence-electron chi connectivity index (χ0n) is 8.02. The summed E-state index contributed by atoms with van der Waals surface area (Å²) in [7, 11) is 0. The number of Topliss-reactive ketones (excluding diaryl/α,β-unsaturated/α-hetero) is 1. The number of halogens is 2. The van der Waals surface area contributed by atoms with E-state index in [9.17, 15) is 9.18 Å². The molecule has 0 N–H and O–H groups in total. The zero-order chi connectivity index (χ0) is 10.6. The molecule has 0 aliphatic rings. The number of hydrogen-bond acceptors (Lipinski definition) is 1. The number of hydrogen-bond donors (Lipinski definition) is 0. The van der Waals surface area contributed by atoms with Crippen LogP contribution in [0.5, 0.6) is 0 Å². The number of carbonyl (C=O) groups is 1. The van der Waals surface area contributed by atoms with Gasteiger partial charge in [0.25, 0.3) is 0 Å². The highest BCUT2D eigenvalue weighted by Gasteiger charge is 2.07. The van der Waals surface area contributed by atoms with Crippen LogP contribution in [0.25, 0.3) is 0 Å². The predicted molar refractivity (Wildman–Crippen MR) is 55.4 cm³/mol. The molecule has 0 aromatic heterocycles. The summed E-state index contributed by atoms with van der Waals surface area (Å²) in [5.74, 6) is 0.0486. The summed E-state index contributed by atoms with van der Waals surface area (Å²) in [5.41, 5.74) is 1.20. The lowest BCUT2D eigenvalue weighted by Crippen LogP contribution is -2.00. The molecule has 0 saturated heterocycles. The van der Waals surface area contributed by atoms with E-state index in [0.29, 0.717) is 24.3 Å². The van der Waals surface area contributed by atoms with Gasteiger partial charge in [0.15, 0.2) is 5.78 Å². The van der Waals surface area contributed by atoms with Gasteiger partial charge < -0.3 is 0 Å². The summed E-state index contributed by atoms with van der Waals surface area (Å²) >= 11 is 5.47. The van der Waals surface area contributed by atoms with Crippen molar-refractivity contribution in [1.82, 2.24) is 0 Å². The number of alkyl halides is 1. The lowest BCUT2D eigenvalue weighted by molar-refractivity contribution is 0.0981. The summed E-state index contributed by atoms with van der Waals surface area (Å²) in [4.78, 5) is 11.5. The van der Waals surface area contributed by atoms with E-state index in [0.717, 1.165) is 5.56 Å². The molecule has 0 aliphatic heterocycles. The summed E-state index contributed by atoms with van der Waals surface area (Å²) in [5, 5.41) is 0. The van der Waals surface area contributed by atoms with Crippen LogP contribution in [0.15, 0.2) is 18.2 Å². The van der Waals surface area contributed by atoms with Gasteiger partial charge in [-0.25, -0.2) is 4.39 Å². The Kier molecular flexibility index (Phi) is 4.08. The number of aryl methyl sites for hydroxylation is 1. The molecule has 0 radical (unpaired) electrons. The third-order valence-corrected chi connectivity index (χ3v) is 2.17. The van der Waals surface area contributed by atoms with E-state index in [1.165, 1.54) is 12.1 Å². The van der Waals surface area contributed by atoms with Crippen LogP contribution in [0.4, 0.5) is 4.39 Å². The quantitative estimate of drug-likeness (QED) is 0.555. The minimum Gasteiger partial charge on any atom is -0.294 e. The SMILES string of the molecule is Cc1cc(F)cc(C(=O)CCCCl)c1. The van der Waals surface area contributed by atoms with Crippen LogP contribution in [0.2, 0.25) is 0 Å². The Morgan fingerprint density at radius 1 is 1.43 bits per heavy atom. The number of carbonyl (C=O) groups excluding carboxylic acids is 1. The van der Waals surface area contributed by atoms with Crippen molar-refractivity contribution in [3.05, 3.63) is 35.1 Å². The van der Waals surface area contributed by atoms with Crippen molar-refractivity contribution in [2.75, 3.05) is 5.88 Å². The molecule has 1 nitrogen and oxygen atoms in total. The first-order valence-corrected chi connectivity index (χ1v) is 5.03. The lowest BCUT2D eigenvalue weighted by Gasteiger charge is -2.01. The molecule has 76 valence electrons. The van der Waals surface area contributed by atoms with Crippen molar-refractivity contribution in [1.29, 1.82) is 0 Å². The third-order valence-electron chi connectivity index (χ3n) is 1.90. The van der Waals surface area contributed by atoms with Crippen LogP contribution in [0, 0.1) is 12.7 Å². The van der Waals surface area contributed by atoms with Gasteiger partial charge in [0.05, 0.1) is 0 Å². The third kappa shape index (κ3) is 3.11. The highest BCUT2D eigenvalue weighted by molar-refractivity contribution is 6.18. The zero-order valence-corrected chi connectivity index (χ0v) is 8.77. The van der Waals surface area contributed by atoms with Crippen molar-refractivity contribution in [3.8, 4) is 0 Å². The molecule has 1 rings (SSSR count). The van der Waals surface area contributed by atoms with Crippen LogP contribution >= 0.6 is 11.6 Å². The van der Waals surface area contributed by atoms with Gasteiger partial charge in [-0.2, -0.15) is 0 Å². The first-order valence-electron chi connectivity index (χ1n) is 4.50. The number of ketones is 1. The second-order valence-electron chi connectivity index (χ2n) is 3.23. The van der Waals surface area contributed by atoms with E-state index in [2.05, 4.69) is 0 Å². The second-order valence-corrected chi connectivity index (χ2v) is 3.61. The summed E-state index contributed by atoms with van der Waals surface area (Å²) in [6.45, 7) is 1.77. The van der Waals surface area contributed by atoms with Crippen molar-refractivity contribution in [2.24, 2.45) is 0 Å². The summed E-state index contributed by atoms with van der Waals surface area (Å²) < 4.78 is 12.9. The van der Waals surface area contributed by atoms with E-state index in [1.54, 1.807) is 13.0 Å². The van der Waals surface area contributed by atoms with Crippen LogP contribution in [-0.2, 0) is 0 Å². The van der Waals surface area contributed by atoms with Crippen LogP contribution < -0.4 is 0 Å². The molecule has 0 bridgehead atoms. The topological polar surface area (TPSA) is 17.1 Å². The van der Waals surface area contributed by atoms with Crippen molar-refractivity contribution in [3.63, 3.8) is 0 Å². The highest BCUT2D eigenvalue weighted by atomic mass is 35.5. The molecule has 0 amide bonds. The van der Waals surface area contributed by atoms with Crippen LogP contribution in [0.1, 0.15) is 28.8 Å². The minimum atomic E-state index is -0.362. The van der Waals surface area contributed by atoms with Gasteiger partial charge in [-0.3, -0.25) is 4.79 Å². The van der Waals surface area contributed by atoms with Crippen molar-refractivity contribution < 1.29 is 9.18 Å². The Hall–Kier alpha value is -0.890. The molecule has 3 heteroatoms. The Labute approximate surface area is 87.9 Å². The van der Waals surface area contributed by atoms with Gasteiger partial charge >= 0.3 is 0 Å². The average Bonchev–Trinajstić information content (AvgIpc) is 2.12. The van der Waals surface area contributed by atoms with Gasteiger partial charge in [0.1, 0.15) is 5.82 Å².